The van der Waals surface area contributed by atoms with Gasteiger partial charge in [-0.25, -0.2) is 0 Å². The number of rotatable bonds is 5. The zero-order valence-electron chi connectivity index (χ0n) is 10.2. The largest absolute Gasteiger partial charge is 0.497 e. The van der Waals surface area contributed by atoms with Crippen LogP contribution in [0, 0.1) is 5.92 Å². The first kappa shape index (κ1) is 14.0. The molecule has 4 nitrogen and oxygen atoms in total. The summed E-state index contributed by atoms with van der Waals surface area (Å²) in [7, 11) is 3.42. The second-order valence-corrected chi connectivity index (χ2v) is 4.74. The third kappa shape index (κ3) is 4.36. The highest BCUT2D eigenvalue weighted by Crippen LogP contribution is 2.24. The van der Waals surface area contributed by atoms with Crippen molar-refractivity contribution >= 4 is 27.5 Å². The summed E-state index contributed by atoms with van der Waals surface area (Å²) >= 11 is 3.37. The van der Waals surface area contributed by atoms with Crippen molar-refractivity contribution in [3.8, 4) is 5.75 Å². The fraction of sp³-hybridized carbons (Fsp3) is 0.417. The van der Waals surface area contributed by atoms with Gasteiger partial charge in [0.05, 0.1) is 7.11 Å². The van der Waals surface area contributed by atoms with E-state index in [2.05, 4.69) is 26.6 Å². The lowest BCUT2D eigenvalue weighted by Crippen LogP contribution is -2.28. The first-order chi connectivity index (χ1) is 8.06. The molecule has 17 heavy (non-hydrogen) atoms. The number of hydrogen-bond acceptors (Lipinski definition) is 3. The molecule has 0 aromatic heterocycles. The van der Waals surface area contributed by atoms with E-state index in [1.54, 1.807) is 13.2 Å². The number of amides is 1. The second-order valence-electron chi connectivity index (χ2n) is 3.83. The summed E-state index contributed by atoms with van der Waals surface area (Å²) < 4.78 is 6.00. The lowest BCUT2D eigenvalue weighted by Gasteiger charge is -2.12. The van der Waals surface area contributed by atoms with Gasteiger partial charge in [-0.05, 0) is 19.2 Å². The Morgan fingerprint density at radius 1 is 1.47 bits per heavy atom. The number of methoxy groups -OCH3 is 1. The van der Waals surface area contributed by atoms with Crippen molar-refractivity contribution < 1.29 is 9.53 Å². The molecule has 5 heteroatoms. The summed E-state index contributed by atoms with van der Waals surface area (Å²) in [5, 5.41) is 5.83. The molecule has 2 N–H and O–H groups in total. The van der Waals surface area contributed by atoms with E-state index in [4.69, 9.17) is 4.74 Å². The molecule has 1 unspecified atom stereocenters. The molecule has 0 bridgehead atoms. The molecule has 1 aromatic rings. The predicted octanol–water partition coefficient (Wildman–Crippen LogP) is 2.25. The third-order valence-corrected chi connectivity index (χ3v) is 2.79. The maximum absolute atomic E-state index is 11.8. The minimum atomic E-state index is -0.0787. The van der Waals surface area contributed by atoms with Gasteiger partial charge in [0.2, 0.25) is 5.91 Å². The van der Waals surface area contributed by atoms with Gasteiger partial charge in [-0.15, -0.1) is 0 Å². The van der Waals surface area contributed by atoms with Gasteiger partial charge >= 0.3 is 0 Å². The van der Waals surface area contributed by atoms with Crippen LogP contribution in [0.5, 0.6) is 5.75 Å². The van der Waals surface area contributed by atoms with Crippen LogP contribution in [-0.2, 0) is 4.79 Å². The molecule has 1 amide bonds. The molecule has 0 aliphatic carbocycles. The first-order valence-corrected chi connectivity index (χ1v) is 6.16. The van der Waals surface area contributed by atoms with Crippen LogP contribution < -0.4 is 15.4 Å². The molecule has 0 saturated heterocycles. The average molecular weight is 301 g/mol. The molecule has 0 heterocycles. The van der Waals surface area contributed by atoms with Crippen molar-refractivity contribution in [2.24, 2.45) is 5.92 Å². The molecule has 0 aliphatic heterocycles. The first-order valence-electron chi connectivity index (χ1n) is 5.37. The molecule has 0 spiro atoms. The van der Waals surface area contributed by atoms with Crippen LogP contribution in [0.4, 0.5) is 5.69 Å². The number of hydrogen-bond donors (Lipinski definition) is 2. The zero-order valence-corrected chi connectivity index (χ0v) is 11.8. The van der Waals surface area contributed by atoms with Crippen molar-refractivity contribution in [2.75, 3.05) is 26.0 Å². The monoisotopic (exact) mass is 300 g/mol. The minimum Gasteiger partial charge on any atom is -0.497 e. The Morgan fingerprint density at radius 3 is 2.76 bits per heavy atom. The smallest absolute Gasteiger partial charge is 0.228 e. The van der Waals surface area contributed by atoms with Gasteiger partial charge in [0.25, 0.3) is 0 Å². The summed E-state index contributed by atoms with van der Waals surface area (Å²) in [6, 6.07) is 5.47. The molecule has 0 radical (unpaired) electrons. The summed E-state index contributed by atoms with van der Waals surface area (Å²) in [4.78, 5) is 11.8. The molecule has 0 fully saturated rings. The molecule has 1 atom stereocenters. The summed E-state index contributed by atoms with van der Waals surface area (Å²) in [6.07, 6.45) is 0. The van der Waals surface area contributed by atoms with Crippen LogP contribution in [0.1, 0.15) is 6.92 Å². The minimum absolute atomic E-state index is 0.0143. The molecule has 94 valence electrons. The van der Waals surface area contributed by atoms with Crippen molar-refractivity contribution in [3.63, 3.8) is 0 Å². The molecule has 0 aliphatic rings. The van der Waals surface area contributed by atoms with E-state index in [0.717, 1.165) is 10.2 Å². The van der Waals surface area contributed by atoms with Gasteiger partial charge in [0.1, 0.15) is 5.75 Å². The van der Waals surface area contributed by atoms with E-state index in [1.165, 1.54) is 0 Å². The van der Waals surface area contributed by atoms with Crippen molar-refractivity contribution in [2.45, 2.75) is 6.92 Å². The van der Waals surface area contributed by atoms with Gasteiger partial charge in [0, 0.05) is 28.7 Å². The molecule has 1 aromatic carbocycles. The number of anilines is 1. The molecule has 1 rings (SSSR count). The lowest BCUT2D eigenvalue weighted by atomic mass is 10.1. The summed E-state index contributed by atoms with van der Waals surface area (Å²) in [5.74, 6) is 0.612. The quantitative estimate of drug-likeness (QED) is 0.877. The predicted molar refractivity (Wildman–Crippen MR) is 72.4 cm³/mol. The standard InChI is InChI=1S/C12H17BrN2O2/c1-8(7-14-2)12(16)15-10-4-9(13)5-11(6-10)17-3/h4-6,8,14H,7H2,1-3H3,(H,15,16). The van der Waals surface area contributed by atoms with Gasteiger partial charge < -0.3 is 15.4 Å². The van der Waals surface area contributed by atoms with Crippen LogP contribution >= 0.6 is 15.9 Å². The lowest BCUT2D eigenvalue weighted by molar-refractivity contribution is -0.119. The zero-order chi connectivity index (χ0) is 12.8. The molecular weight excluding hydrogens is 284 g/mol. The Bertz CT molecular complexity index is 396. The molecular formula is C12H17BrN2O2. The average Bonchev–Trinajstić information content (AvgIpc) is 2.28. The number of carbonyl (C=O) groups is 1. The fourth-order valence-corrected chi connectivity index (χ4v) is 1.89. The molecule has 0 saturated carbocycles. The Labute approximate surface area is 110 Å². The number of benzene rings is 1. The summed E-state index contributed by atoms with van der Waals surface area (Å²) in [6.45, 7) is 2.53. The summed E-state index contributed by atoms with van der Waals surface area (Å²) in [5.41, 5.74) is 0.726. The van der Waals surface area contributed by atoms with Crippen molar-refractivity contribution in [3.05, 3.63) is 22.7 Å². The topological polar surface area (TPSA) is 50.4 Å². The highest BCUT2D eigenvalue weighted by Gasteiger charge is 2.12. The number of nitrogens with one attached hydrogen (secondary N) is 2. The van der Waals surface area contributed by atoms with Gasteiger partial charge in [-0.1, -0.05) is 22.9 Å². The van der Waals surface area contributed by atoms with E-state index < -0.39 is 0 Å². The van der Waals surface area contributed by atoms with E-state index >= 15 is 0 Å². The van der Waals surface area contributed by atoms with Gasteiger partial charge in [-0.3, -0.25) is 4.79 Å². The Morgan fingerprint density at radius 2 is 2.18 bits per heavy atom. The Kier molecular flexibility index (Phi) is 5.44. The highest BCUT2D eigenvalue weighted by molar-refractivity contribution is 9.10. The Hall–Kier alpha value is -1.07. The maximum atomic E-state index is 11.8. The van der Waals surface area contributed by atoms with Gasteiger partial charge in [-0.2, -0.15) is 0 Å². The SMILES string of the molecule is CNCC(C)C(=O)Nc1cc(Br)cc(OC)c1. The number of carbonyl (C=O) groups excluding carboxylic acids is 1. The van der Waals surface area contributed by atoms with Crippen LogP contribution in [0.25, 0.3) is 0 Å². The van der Waals surface area contributed by atoms with Crippen molar-refractivity contribution in [1.82, 2.24) is 5.32 Å². The van der Waals surface area contributed by atoms with E-state index in [9.17, 15) is 4.79 Å². The van der Waals surface area contributed by atoms with Crippen LogP contribution in [0.15, 0.2) is 22.7 Å². The van der Waals surface area contributed by atoms with E-state index in [0.29, 0.717) is 12.3 Å². The van der Waals surface area contributed by atoms with E-state index in [-0.39, 0.29) is 11.8 Å². The van der Waals surface area contributed by atoms with Crippen molar-refractivity contribution in [1.29, 1.82) is 0 Å². The highest BCUT2D eigenvalue weighted by atomic mass is 79.9. The van der Waals surface area contributed by atoms with Crippen LogP contribution in [0.2, 0.25) is 0 Å². The normalized spacial score (nSPS) is 12.0. The second kappa shape index (κ2) is 6.61. The fourth-order valence-electron chi connectivity index (χ4n) is 1.42. The Balaban J connectivity index is 2.74. The van der Waals surface area contributed by atoms with E-state index in [1.807, 2.05) is 26.1 Å². The van der Waals surface area contributed by atoms with Crippen LogP contribution in [-0.4, -0.2) is 26.6 Å². The maximum Gasteiger partial charge on any atom is 0.228 e. The third-order valence-electron chi connectivity index (χ3n) is 2.33. The van der Waals surface area contributed by atoms with Crippen LogP contribution in [0.3, 0.4) is 0 Å². The number of ether oxygens (including phenoxy) is 1. The number of halogens is 1. The van der Waals surface area contributed by atoms with Gasteiger partial charge in [0.15, 0.2) is 0 Å².